The quantitative estimate of drug-likeness (QED) is 0.755. The summed E-state index contributed by atoms with van der Waals surface area (Å²) in [6.45, 7) is 0. The molecule has 2 aliphatic rings. The Kier molecular flexibility index (Phi) is 3.28. The minimum atomic E-state index is -1.15. The first-order chi connectivity index (χ1) is 8.55. The molecule has 2 aliphatic carbocycles. The number of carboxylic acids is 2. The SMILES string of the molecule is O=C(O)[C@@]1([C@]2(C(=O)O)CC=CCC2)CC=CCC1. The number of carbonyl (C=O) groups is 2. The molecule has 0 spiro atoms. The Bertz CT molecular complexity index is 384. The average molecular weight is 250 g/mol. The molecule has 4 heteroatoms. The van der Waals surface area contributed by atoms with Crippen LogP contribution in [0, 0.1) is 10.8 Å². The van der Waals surface area contributed by atoms with Crippen molar-refractivity contribution in [3.63, 3.8) is 0 Å². The fourth-order valence-corrected chi connectivity index (χ4v) is 3.34. The molecule has 0 saturated carbocycles. The van der Waals surface area contributed by atoms with Crippen LogP contribution < -0.4 is 0 Å². The Morgan fingerprint density at radius 3 is 1.39 bits per heavy atom. The van der Waals surface area contributed by atoms with Crippen molar-refractivity contribution in [2.75, 3.05) is 0 Å². The van der Waals surface area contributed by atoms with Gasteiger partial charge in [-0.05, 0) is 38.5 Å². The van der Waals surface area contributed by atoms with E-state index in [-0.39, 0.29) is 0 Å². The summed E-state index contributed by atoms with van der Waals surface area (Å²) < 4.78 is 0. The van der Waals surface area contributed by atoms with Crippen molar-refractivity contribution in [3.05, 3.63) is 24.3 Å². The minimum absolute atomic E-state index is 0.322. The van der Waals surface area contributed by atoms with E-state index in [9.17, 15) is 19.8 Å². The van der Waals surface area contributed by atoms with E-state index in [2.05, 4.69) is 0 Å². The van der Waals surface area contributed by atoms with E-state index in [1.807, 2.05) is 24.3 Å². The van der Waals surface area contributed by atoms with Crippen molar-refractivity contribution in [1.29, 1.82) is 0 Å². The first-order valence-electron chi connectivity index (χ1n) is 6.32. The number of hydrogen-bond acceptors (Lipinski definition) is 2. The van der Waals surface area contributed by atoms with Crippen molar-refractivity contribution in [3.8, 4) is 0 Å². The molecule has 4 nitrogen and oxygen atoms in total. The predicted molar refractivity (Wildman–Crippen MR) is 66.1 cm³/mol. The topological polar surface area (TPSA) is 74.6 Å². The maximum atomic E-state index is 11.8. The molecule has 0 fully saturated rings. The van der Waals surface area contributed by atoms with Crippen molar-refractivity contribution in [1.82, 2.24) is 0 Å². The van der Waals surface area contributed by atoms with E-state index in [1.165, 1.54) is 0 Å². The molecule has 98 valence electrons. The summed E-state index contributed by atoms with van der Waals surface area (Å²) >= 11 is 0. The van der Waals surface area contributed by atoms with Gasteiger partial charge >= 0.3 is 11.9 Å². The number of hydrogen-bond donors (Lipinski definition) is 2. The summed E-state index contributed by atoms with van der Waals surface area (Å²) in [6, 6.07) is 0. The van der Waals surface area contributed by atoms with Gasteiger partial charge in [0.25, 0.3) is 0 Å². The van der Waals surface area contributed by atoms with Crippen molar-refractivity contribution < 1.29 is 19.8 Å². The smallest absolute Gasteiger partial charge is 0.311 e. The highest BCUT2D eigenvalue weighted by molar-refractivity contribution is 5.87. The van der Waals surface area contributed by atoms with Gasteiger partial charge in [-0.3, -0.25) is 9.59 Å². The lowest BCUT2D eigenvalue weighted by molar-refractivity contribution is -0.176. The molecule has 0 amide bonds. The molecule has 0 aliphatic heterocycles. The van der Waals surface area contributed by atoms with Crippen LogP contribution in [0.3, 0.4) is 0 Å². The zero-order chi connectivity index (χ0) is 13.2. The Morgan fingerprint density at radius 2 is 1.17 bits per heavy atom. The average Bonchev–Trinajstić information content (AvgIpc) is 2.40. The van der Waals surface area contributed by atoms with E-state index < -0.39 is 22.8 Å². The van der Waals surface area contributed by atoms with Gasteiger partial charge in [0.05, 0.1) is 10.8 Å². The third kappa shape index (κ3) is 1.67. The lowest BCUT2D eigenvalue weighted by atomic mass is 9.54. The van der Waals surface area contributed by atoms with Crippen LogP contribution in [0.2, 0.25) is 0 Å². The molecule has 0 unspecified atom stereocenters. The molecule has 0 bridgehead atoms. The summed E-state index contributed by atoms with van der Waals surface area (Å²) in [4.78, 5) is 23.5. The Morgan fingerprint density at radius 1 is 0.778 bits per heavy atom. The van der Waals surface area contributed by atoms with Gasteiger partial charge in [0, 0.05) is 0 Å². The summed E-state index contributed by atoms with van der Waals surface area (Å²) in [5, 5.41) is 19.3. The van der Waals surface area contributed by atoms with Crippen molar-refractivity contribution in [2.24, 2.45) is 10.8 Å². The molecule has 2 N–H and O–H groups in total. The van der Waals surface area contributed by atoms with Crippen molar-refractivity contribution >= 4 is 11.9 Å². The molecular weight excluding hydrogens is 232 g/mol. The van der Waals surface area contributed by atoms with Crippen LogP contribution in [-0.4, -0.2) is 22.2 Å². The monoisotopic (exact) mass is 250 g/mol. The standard InChI is InChI=1S/C14H18O4/c15-11(16)13(7-3-1-4-8-13)14(12(17)18)9-5-2-6-10-14/h1-3,5H,4,6-10H2,(H,15,16)(H,17,18)/t13-,14-/m1/s1. The van der Waals surface area contributed by atoms with Crippen LogP contribution in [0.25, 0.3) is 0 Å². The van der Waals surface area contributed by atoms with Crippen LogP contribution in [0.4, 0.5) is 0 Å². The zero-order valence-electron chi connectivity index (χ0n) is 10.3. The first-order valence-corrected chi connectivity index (χ1v) is 6.32. The van der Waals surface area contributed by atoms with Gasteiger partial charge < -0.3 is 10.2 Å². The summed E-state index contributed by atoms with van der Waals surface area (Å²) in [7, 11) is 0. The van der Waals surface area contributed by atoms with Gasteiger partial charge in [0.2, 0.25) is 0 Å². The molecule has 0 aromatic rings. The van der Waals surface area contributed by atoms with E-state index in [0.717, 1.165) is 0 Å². The van der Waals surface area contributed by atoms with Gasteiger partial charge in [0.1, 0.15) is 0 Å². The molecule has 0 aromatic heterocycles. The fraction of sp³-hybridized carbons (Fsp3) is 0.571. The molecule has 18 heavy (non-hydrogen) atoms. The maximum Gasteiger partial charge on any atom is 0.311 e. The molecule has 2 rings (SSSR count). The zero-order valence-corrected chi connectivity index (χ0v) is 10.3. The maximum absolute atomic E-state index is 11.8. The van der Waals surface area contributed by atoms with Crippen molar-refractivity contribution in [2.45, 2.75) is 38.5 Å². The Hall–Kier alpha value is -1.58. The summed E-state index contributed by atoms with van der Waals surface area (Å²) in [5.41, 5.74) is -2.31. The highest BCUT2D eigenvalue weighted by atomic mass is 16.4. The Labute approximate surface area is 106 Å². The molecule has 0 radical (unpaired) electrons. The summed E-state index contributed by atoms with van der Waals surface area (Å²) in [5.74, 6) is -1.94. The third-order valence-corrected chi connectivity index (χ3v) is 4.48. The number of allylic oxidation sites excluding steroid dienone is 4. The highest BCUT2D eigenvalue weighted by Crippen LogP contribution is 2.54. The number of aliphatic carboxylic acids is 2. The van der Waals surface area contributed by atoms with E-state index in [0.29, 0.717) is 38.5 Å². The van der Waals surface area contributed by atoms with E-state index >= 15 is 0 Å². The molecular formula is C14H18O4. The van der Waals surface area contributed by atoms with E-state index in [1.54, 1.807) is 0 Å². The van der Waals surface area contributed by atoms with Gasteiger partial charge in [-0.15, -0.1) is 0 Å². The lowest BCUT2D eigenvalue weighted by Gasteiger charge is -2.46. The number of rotatable bonds is 3. The predicted octanol–water partition coefficient (Wildman–Crippen LogP) is 2.61. The first kappa shape index (κ1) is 12.9. The van der Waals surface area contributed by atoms with Gasteiger partial charge in [0.15, 0.2) is 0 Å². The normalized spacial score (nSPS) is 35.3. The molecule has 2 atom stereocenters. The van der Waals surface area contributed by atoms with Gasteiger partial charge in [-0.2, -0.15) is 0 Å². The second-order valence-corrected chi connectivity index (χ2v) is 5.20. The third-order valence-electron chi connectivity index (χ3n) is 4.48. The van der Waals surface area contributed by atoms with Gasteiger partial charge in [-0.25, -0.2) is 0 Å². The highest BCUT2D eigenvalue weighted by Gasteiger charge is 2.60. The second-order valence-electron chi connectivity index (χ2n) is 5.20. The molecule has 0 aromatic carbocycles. The van der Waals surface area contributed by atoms with E-state index in [4.69, 9.17) is 0 Å². The minimum Gasteiger partial charge on any atom is -0.481 e. The Balaban J connectivity index is 2.50. The molecule has 0 heterocycles. The van der Waals surface area contributed by atoms with Gasteiger partial charge in [-0.1, -0.05) is 24.3 Å². The number of carboxylic acid groups (broad SMARTS) is 2. The van der Waals surface area contributed by atoms with Crippen LogP contribution in [0.5, 0.6) is 0 Å². The van der Waals surface area contributed by atoms with Crippen LogP contribution >= 0.6 is 0 Å². The van der Waals surface area contributed by atoms with Crippen LogP contribution in [-0.2, 0) is 9.59 Å². The molecule has 0 saturated heterocycles. The summed E-state index contributed by atoms with van der Waals surface area (Å²) in [6.07, 6.45) is 10.3. The fourth-order valence-electron chi connectivity index (χ4n) is 3.34. The lowest BCUT2D eigenvalue weighted by Crippen LogP contribution is -2.53. The largest absolute Gasteiger partial charge is 0.481 e. The van der Waals surface area contributed by atoms with Crippen LogP contribution in [0.15, 0.2) is 24.3 Å². The second kappa shape index (κ2) is 4.59. The van der Waals surface area contributed by atoms with Crippen LogP contribution in [0.1, 0.15) is 38.5 Å².